The van der Waals surface area contributed by atoms with Crippen molar-refractivity contribution in [2.45, 2.75) is 12.2 Å². The molecule has 1 aliphatic rings. The van der Waals surface area contributed by atoms with Gasteiger partial charge in [0, 0.05) is 6.54 Å². The quantitative estimate of drug-likeness (QED) is 0.835. The summed E-state index contributed by atoms with van der Waals surface area (Å²) in [6, 6.07) is 9.23. The van der Waals surface area contributed by atoms with Gasteiger partial charge in [0.25, 0.3) is 0 Å². The van der Waals surface area contributed by atoms with Crippen LogP contribution in [0.5, 0.6) is 0 Å². The van der Waals surface area contributed by atoms with Crippen molar-refractivity contribution in [1.82, 2.24) is 4.31 Å². The normalized spacial score (nSPS) is 17.3. The molecule has 0 fully saturated rings. The van der Waals surface area contributed by atoms with E-state index in [1.165, 1.54) is 4.31 Å². The number of nitrogens with zero attached hydrogens (tertiary/aromatic N) is 1. The molecule has 1 aliphatic heterocycles. The van der Waals surface area contributed by atoms with Crippen LogP contribution in [-0.4, -0.2) is 32.9 Å². The molecule has 0 saturated carbocycles. The summed E-state index contributed by atoms with van der Waals surface area (Å²) in [7, 11) is -1.70. The van der Waals surface area contributed by atoms with Crippen molar-refractivity contribution >= 4 is 10.0 Å². The Kier molecular flexibility index (Phi) is 4.04. The standard InChI is InChI=1S/C13H17NO3S/c1-17-13-8-5-9-14(10-13)18(15,16)11-12-6-3-2-4-7-12/h2-4,6-8H,5,9-11H2,1H3. The van der Waals surface area contributed by atoms with E-state index in [4.69, 9.17) is 4.74 Å². The molecule has 5 heteroatoms. The van der Waals surface area contributed by atoms with Crippen molar-refractivity contribution in [2.24, 2.45) is 0 Å². The predicted molar refractivity (Wildman–Crippen MR) is 70.3 cm³/mol. The Labute approximate surface area is 108 Å². The maximum Gasteiger partial charge on any atom is 0.218 e. The van der Waals surface area contributed by atoms with Crippen LogP contribution in [0.3, 0.4) is 0 Å². The predicted octanol–water partition coefficient (Wildman–Crippen LogP) is 1.75. The summed E-state index contributed by atoms with van der Waals surface area (Å²) in [6.45, 7) is 0.869. The summed E-state index contributed by atoms with van der Waals surface area (Å²) in [6.07, 6.45) is 2.64. The molecule has 4 nitrogen and oxygen atoms in total. The monoisotopic (exact) mass is 267 g/mol. The lowest BCUT2D eigenvalue weighted by atomic mass is 10.2. The number of benzene rings is 1. The Morgan fingerprint density at radius 2 is 2.00 bits per heavy atom. The van der Waals surface area contributed by atoms with E-state index in [9.17, 15) is 8.42 Å². The maximum atomic E-state index is 12.3. The molecule has 0 saturated heterocycles. The Balaban J connectivity index is 2.10. The third-order valence-corrected chi connectivity index (χ3v) is 4.73. The molecule has 2 rings (SSSR count). The van der Waals surface area contributed by atoms with Crippen LogP contribution in [-0.2, 0) is 20.5 Å². The van der Waals surface area contributed by atoms with E-state index in [2.05, 4.69) is 0 Å². The lowest BCUT2D eigenvalue weighted by Crippen LogP contribution is -2.36. The van der Waals surface area contributed by atoms with Crippen LogP contribution >= 0.6 is 0 Å². The molecule has 0 bridgehead atoms. The smallest absolute Gasteiger partial charge is 0.218 e. The highest BCUT2D eigenvalue weighted by Gasteiger charge is 2.25. The fraction of sp³-hybridized carbons (Fsp3) is 0.385. The Hall–Kier alpha value is -1.33. The number of rotatable bonds is 4. The van der Waals surface area contributed by atoms with Crippen LogP contribution in [0.15, 0.2) is 42.2 Å². The highest BCUT2D eigenvalue weighted by Crippen LogP contribution is 2.17. The maximum absolute atomic E-state index is 12.3. The van der Waals surface area contributed by atoms with Gasteiger partial charge in [-0.1, -0.05) is 30.3 Å². The van der Waals surface area contributed by atoms with Gasteiger partial charge in [-0.3, -0.25) is 0 Å². The highest BCUT2D eigenvalue weighted by molar-refractivity contribution is 7.88. The van der Waals surface area contributed by atoms with Gasteiger partial charge in [-0.25, -0.2) is 8.42 Å². The van der Waals surface area contributed by atoms with Gasteiger partial charge in [-0.15, -0.1) is 0 Å². The second kappa shape index (κ2) is 5.54. The minimum Gasteiger partial charge on any atom is -0.500 e. The van der Waals surface area contributed by atoms with E-state index in [0.29, 0.717) is 19.5 Å². The van der Waals surface area contributed by atoms with Crippen molar-refractivity contribution in [2.75, 3.05) is 20.2 Å². The van der Waals surface area contributed by atoms with Crippen LogP contribution < -0.4 is 0 Å². The highest BCUT2D eigenvalue weighted by atomic mass is 32.2. The summed E-state index contributed by atoms with van der Waals surface area (Å²) < 4.78 is 31.1. The summed E-state index contributed by atoms with van der Waals surface area (Å²) >= 11 is 0. The minimum absolute atomic E-state index is 0.0465. The van der Waals surface area contributed by atoms with Crippen molar-refractivity contribution < 1.29 is 13.2 Å². The van der Waals surface area contributed by atoms with Crippen molar-refractivity contribution in [3.63, 3.8) is 0 Å². The van der Waals surface area contributed by atoms with E-state index in [-0.39, 0.29) is 5.75 Å². The van der Waals surface area contributed by atoms with Gasteiger partial charge in [0.1, 0.15) is 5.76 Å². The van der Waals surface area contributed by atoms with Crippen LogP contribution in [0.2, 0.25) is 0 Å². The van der Waals surface area contributed by atoms with Gasteiger partial charge in [-0.05, 0) is 18.1 Å². The fourth-order valence-electron chi connectivity index (χ4n) is 1.95. The molecule has 0 unspecified atom stereocenters. The molecule has 1 aromatic rings. The van der Waals surface area contributed by atoms with Crippen LogP contribution in [0, 0.1) is 0 Å². The molecule has 1 aromatic carbocycles. The van der Waals surface area contributed by atoms with Gasteiger partial charge in [0.2, 0.25) is 10.0 Å². The first-order valence-electron chi connectivity index (χ1n) is 5.86. The molecule has 0 atom stereocenters. The molecule has 0 N–H and O–H groups in total. The fourth-order valence-corrected chi connectivity index (χ4v) is 3.45. The molecule has 18 heavy (non-hydrogen) atoms. The minimum atomic E-state index is -3.27. The first-order valence-corrected chi connectivity index (χ1v) is 7.47. The average Bonchev–Trinajstić information content (AvgIpc) is 2.39. The molecular weight excluding hydrogens is 250 g/mol. The molecule has 98 valence electrons. The first kappa shape index (κ1) is 13.1. The molecule has 1 heterocycles. The Morgan fingerprint density at radius 3 is 2.67 bits per heavy atom. The van der Waals surface area contributed by atoms with Crippen LogP contribution in [0.25, 0.3) is 0 Å². The lowest BCUT2D eigenvalue weighted by Gasteiger charge is -2.25. The topological polar surface area (TPSA) is 46.6 Å². The Bertz CT molecular complexity index is 522. The number of hydrogen-bond acceptors (Lipinski definition) is 3. The van der Waals surface area contributed by atoms with Gasteiger partial charge in [-0.2, -0.15) is 4.31 Å². The van der Waals surface area contributed by atoms with Crippen molar-refractivity contribution in [3.8, 4) is 0 Å². The second-order valence-corrected chi connectivity index (χ2v) is 6.21. The zero-order valence-electron chi connectivity index (χ0n) is 10.4. The number of hydrogen-bond donors (Lipinski definition) is 0. The van der Waals surface area contributed by atoms with Crippen molar-refractivity contribution in [3.05, 3.63) is 47.7 Å². The van der Waals surface area contributed by atoms with Gasteiger partial charge >= 0.3 is 0 Å². The van der Waals surface area contributed by atoms with E-state index >= 15 is 0 Å². The van der Waals surface area contributed by atoms with Gasteiger partial charge in [0.15, 0.2) is 0 Å². The van der Waals surface area contributed by atoms with E-state index < -0.39 is 10.0 Å². The second-order valence-electron chi connectivity index (χ2n) is 4.24. The molecule has 0 spiro atoms. The molecule has 0 aromatic heterocycles. The third-order valence-electron chi connectivity index (χ3n) is 2.93. The van der Waals surface area contributed by atoms with E-state index in [0.717, 1.165) is 11.3 Å². The van der Waals surface area contributed by atoms with E-state index in [1.807, 2.05) is 36.4 Å². The number of ether oxygens (including phenoxy) is 1. The van der Waals surface area contributed by atoms with Crippen LogP contribution in [0.1, 0.15) is 12.0 Å². The van der Waals surface area contributed by atoms with Crippen LogP contribution in [0.4, 0.5) is 0 Å². The SMILES string of the molecule is COC1=CCCN(S(=O)(=O)Cc2ccccc2)C1. The largest absolute Gasteiger partial charge is 0.500 e. The van der Waals surface area contributed by atoms with Gasteiger partial charge in [0.05, 0.1) is 19.4 Å². The average molecular weight is 267 g/mol. The summed E-state index contributed by atoms with van der Waals surface area (Å²) in [5, 5.41) is 0. The van der Waals surface area contributed by atoms with E-state index in [1.54, 1.807) is 7.11 Å². The summed E-state index contributed by atoms with van der Waals surface area (Å²) in [5.74, 6) is 0.767. The number of methoxy groups -OCH3 is 1. The lowest BCUT2D eigenvalue weighted by molar-refractivity contribution is 0.245. The third kappa shape index (κ3) is 3.11. The molecule has 0 amide bonds. The zero-order valence-corrected chi connectivity index (χ0v) is 11.2. The number of sulfonamides is 1. The summed E-state index contributed by atoms with van der Waals surface area (Å²) in [4.78, 5) is 0. The Morgan fingerprint density at radius 1 is 1.28 bits per heavy atom. The molecule has 0 radical (unpaired) electrons. The van der Waals surface area contributed by atoms with Crippen molar-refractivity contribution in [1.29, 1.82) is 0 Å². The summed E-state index contributed by atoms with van der Waals surface area (Å²) in [5.41, 5.74) is 0.811. The first-order chi connectivity index (χ1) is 8.62. The molecule has 0 aliphatic carbocycles. The van der Waals surface area contributed by atoms with Gasteiger partial charge < -0.3 is 4.74 Å². The molecular formula is C13H17NO3S. The zero-order chi connectivity index (χ0) is 13.0.